The molecule has 4 rings (SSSR count). The lowest BCUT2D eigenvalue weighted by Crippen LogP contribution is -2.62. The van der Waals surface area contributed by atoms with Crippen molar-refractivity contribution < 1.29 is 19.2 Å². The highest BCUT2D eigenvalue weighted by Gasteiger charge is 2.42. The number of carbonyl (C=O) groups excluding carboxylic acids is 4. The van der Waals surface area contributed by atoms with Crippen molar-refractivity contribution in [1.82, 2.24) is 19.7 Å². The van der Waals surface area contributed by atoms with Crippen molar-refractivity contribution in [2.45, 2.75) is 56.6 Å². The topological polar surface area (TPSA) is 90.9 Å². The molecular formula is C31H34Cl2N4O4S. The molecule has 3 unspecified atom stereocenters. The van der Waals surface area contributed by atoms with Crippen LogP contribution >= 0.6 is 34.5 Å². The number of hydrogen-bond donors (Lipinski definition) is 0. The summed E-state index contributed by atoms with van der Waals surface area (Å²) in [5, 5.41) is 2.54. The molecule has 0 saturated carbocycles. The minimum absolute atomic E-state index is 0.0644. The number of pyridine rings is 1. The molecule has 3 heterocycles. The van der Waals surface area contributed by atoms with Gasteiger partial charge in [0, 0.05) is 47.7 Å². The summed E-state index contributed by atoms with van der Waals surface area (Å²) in [6.45, 7) is 2.34. The molecule has 1 aromatic carbocycles. The van der Waals surface area contributed by atoms with E-state index in [2.05, 4.69) is 4.98 Å². The Balaban J connectivity index is 1.56. The average molecular weight is 630 g/mol. The molecule has 0 N–H and O–H groups in total. The molecule has 0 bridgehead atoms. The van der Waals surface area contributed by atoms with Crippen LogP contribution in [0.2, 0.25) is 5.02 Å². The molecule has 42 heavy (non-hydrogen) atoms. The van der Waals surface area contributed by atoms with Crippen molar-refractivity contribution in [3.05, 3.63) is 87.3 Å². The van der Waals surface area contributed by atoms with Gasteiger partial charge in [-0.2, -0.15) is 0 Å². The number of rotatable bonds is 14. The van der Waals surface area contributed by atoms with E-state index in [1.54, 1.807) is 36.6 Å². The van der Waals surface area contributed by atoms with Crippen LogP contribution < -0.4 is 0 Å². The Hall–Kier alpha value is -3.27. The summed E-state index contributed by atoms with van der Waals surface area (Å²) < 4.78 is 0. The molecule has 3 atom stereocenters. The van der Waals surface area contributed by atoms with Crippen molar-refractivity contribution >= 4 is 58.5 Å². The Morgan fingerprint density at radius 1 is 1.12 bits per heavy atom. The van der Waals surface area contributed by atoms with Crippen LogP contribution in [-0.4, -0.2) is 80.9 Å². The van der Waals surface area contributed by atoms with Crippen LogP contribution in [0.5, 0.6) is 0 Å². The van der Waals surface area contributed by atoms with Crippen molar-refractivity contribution in [2.75, 3.05) is 19.6 Å². The zero-order valence-corrected chi connectivity index (χ0v) is 25.7. The van der Waals surface area contributed by atoms with E-state index >= 15 is 0 Å². The molecule has 222 valence electrons. The van der Waals surface area contributed by atoms with Crippen LogP contribution in [0, 0.1) is 0 Å². The maximum Gasteiger partial charge on any atom is 0.246 e. The first-order valence-electron chi connectivity index (χ1n) is 14.0. The third-order valence-corrected chi connectivity index (χ3v) is 8.92. The highest BCUT2D eigenvalue weighted by atomic mass is 35.5. The summed E-state index contributed by atoms with van der Waals surface area (Å²) in [7, 11) is 0. The van der Waals surface area contributed by atoms with Crippen molar-refractivity contribution in [3.8, 4) is 0 Å². The zero-order chi connectivity index (χ0) is 30.1. The van der Waals surface area contributed by atoms with E-state index in [0.717, 1.165) is 16.1 Å². The van der Waals surface area contributed by atoms with Gasteiger partial charge in [-0.05, 0) is 54.1 Å². The van der Waals surface area contributed by atoms with E-state index in [1.807, 2.05) is 47.8 Å². The van der Waals surface area contributed by atoms with Gasteiger partial charge in [-0.3, -0.25) is 19.4 Å². The van der Waals surface area contributed by atoms with Gasteiger partial charge in [0.2, 0.25) is 17.7 Å². The number of thiophene rings is 1. The van der Waals surface area contributed by atoms with Crippen molar-refractivity contribution in [3.63, 3.8) is 0 Å². The predicted molar refractivity (Wildman–Crippen MR) is 164 cm³/mol. The quantitative estimate of drug-likeness (QED) is 0.148. The molecule has 1 aliphatic heterocycles. The maximum atomic E-state index is 13.9. The van der Waals surface area contributed by atoms with E-state index in [0.29, 0.717) is 43.7 Å². The number of piperazine rings is 1. The first kappa shape index (κ1) is 31.7. The van der Waals surface area contributed by atoms with Crippen LogP contribution in [0.25, 0.3) is 0 Å². The largest absolute Gasteiger partial charge is 0.331 e. The second kappa shape index (κ2) is 15.3. The number of aldehydes is 1. The number of alkyl halides is 1. The normalized spacial score (nSPS) is 16.8. The Bertz CT molecular complexity index is 1340. The molecule has 3 amide bonds. The molecule has 2 aromatic heterocycles. The van der Waals surface area contributed by atoms with Crippen LogP contribution in [0.4, 0.5) is 0 Å². The van der Waals surface area contributed by atoms with E-state index < -0.39 is 23.5 Å². The Labute approximate surface area is 260 Å². The number of nitrogens with zero attached hydrogens (tertiary/aromatic N) is 4. The van der Waals surface area contributed by atoms with Crippen LogP contribution in [0.15, 0.2) is 66.2 Å². The van der Waals surface area contributed by atoms with E-state index in [-0.39, 0.29) is 31.2 Å². The van der Waals surface area contributed by atoms with Gasteiger partial charge >= 0.3 is 0 Å². The van der Waals surface area contributed by atoms with Crippen LogP contribution in [-0.2, 0) is 38.4 Å². The lowest BCUT2D eigenvalue weighted by atomic mass is 10.0. The maximum absolute atomic E-state index is 13.9. The fourth-order valence-corrected chi connectivity index (χ4v) is 6.35. The Morgan fingerprint density at radius 3 is 2.55 bits per heavy atom. The summed E-state index contributed by atoms with van der Waals surface area (Å²) in [6.07, 6.45) is 3.81. The molecule has 0 radical (unpaired) electrons. The van der Waals surface area contributed by atoms with Crippen molar-refractivity contribution in [2.24, 2.45) is 0 Å². The van der Waals surface area contributed by atoms with Gasteiger partial charge in [0.25, 0.3) is 0 Å². The highest BCUT2D eigenvalue weighted by molar-refractivity contribution is 7.09. The first-order chi connectivity index (χ1) is 20.3. The smallest absolute Gasteiger partial charge is 0.246 e. The van der Waals surface area contributed by atoms with Gasteiger partial charge in [0.05, 0.1) is 19.0 Å². The predicted octanol–water partition coefficient (Wildman–Crippen LogP) is 4.62. The van der Waals surface area contributed by atoms with Gasteiger partial charge in [-0.15, -0.1) is 11.3 Å². The zero-order valence-electron chi connectivity index (χ0n) is 23.4. The van der Waals surface area contributed by atoms with E-state index in [1.165, 1.54) is 14.7 Å². The minimum Gasteiger partial charge on any atom is -0.331 e. The summed E-state index contributed by atoms with van der Waals surface area (Å²) in [5.41, 5.74) is 0.809. The van der Waals surface area contributed by atoms with E-state index in [9.17, 15) is 19.2 Å². The van der Waals surface area contributed by atoms with Gasteiger partial charge in [0.1, 0.15) is 17.8 Å². The molecule has 3 aromatic rings. The molecular weight excluding hydrogens is 595 g/mol. The molecule has 11 heteroatoms. The molecule has 1 aliphatic rings. The molecule has 0 spiro atoms. The molecule has 1 fully saturated rings. The number of benzene rings is 1. The highest BCUT2D eigenvalue weighted by Crippen LogP contribution is 2.24. The third-order valence-electron chi connectivity index (χ3n) is 7.37. The molecule has 0 aliphatic carbocycles. The standard InChI is InChI=1S/C31H34Cl2N4O4S/c1-2-25(21-38)37(28(33)18-22-8-10-23(32)11-9-22)29(39)19-27-31(41)35(15-12-24-6-3-4-14-34-24)20-30(40)36(27)16-13-26-7-5-17-42-26/h3-11,14,17,21,25,27-28H,2,12-13,15-16,18-20H2,1H3. The van der Waals surface area contributed by atoms with Crippen LogP contribution in [0.3, 0.4) is 0 Å². The van der Waals surface area contributed by atoms with Crippen LogP contribution in [0.1, 0.15) is 35.9 Å². The lowest BCUT2D eigenvalue weighted by molar-refractivity contribution is -0.158. The molecule has 1 saturated heterocycles. The number of hydrogen-bond acceptors (Lipinski definition) is 6. The summed E-state index contributed by atoms with van der Waals surface area (Å²) >= 11 is 14.4. The second-order valence-electron chi connectivity index (χ2n) is 10.1. The average Bonchev–Trinajstić information content (AvgIpc) is 3.51. The molecule has 8 nitrogen and oxygen atoms in total. The fourth-order valence-electron chi connectivity index (χ4n) is 5.09. The van der Waals surface area contributed by atoms with Gasteiger partial charge in [-0.25, -0.2) is 0 Å². The summed E-state index contributed by atoms with van der Waals surface area (Å²) in [5.74, 6) is -0.975. The number of carbonyl (C=O) groups is 4. The monoisotopic (exact) mass is 628 g/mol. The number of amides is 3. The summed E-state index contributed by atoms with van der Waals surface area (Å²) in [6, 6.07) is 14.8. The van der Waals surface area contributed by atoms with Crippen molar-refractivity contribution in [1.29, 1.82) is 0 Å². The lowest BCUT2D eigenvalue weighted by Gasteiger charge is -2.41. The number of aromatic nitrogens is 1. The second-order valence-corrected chi connectivity index (χ2v) is 12.1. The third kappa shape index (κ3) is 8.18. The SMILES string of the molecule is CCC(C=O)N(C(=O)CC1C(=O)N(CCc2ccccn2)CC(=O)N1CCc1cccs1)C(Cl)Cc1ccc(Cl)cc1. The summed E-state index contributed by atoms with van der Waals surface area (Å²) in [4.78, 5) is 63.0. The van der Waals surface area contributed by atoms with Gasteiger partial charge in [0.15, 0.2) is 0 Å². The first-order valence-corrected chi connectivity index (χ1v) is 15.7. The Morgan fingerprint density at radius 2 is 1.90 bits per heavy atom. The number of halogens is 2. The fraction of sp³-hybridized carbons (Fsp3) is 0.387. The van der Waals surface area contributed by atoms with Gasteiger partial charge < -0.3 is 19.5 Å². The Kier molecular flexibility index (Phi) is 11.5. The van der Waals surface area contributed by atoms with Gasteiger partial charge in [-0.1, -0.05) is 54.4 Å². The van der Waals surface area contributed by atoms with E-state index in [4.69, 9.17) is 23.2 Å². The minimum atomic E-state index is -1.01.